The van der Waals surface area contributed by atoms with E-state index in [9.17, 15) is 0 Å². The number of hydrogen-bond acceptors (Lipinski definition) is 3. The van der Waals surface area contributed by atoms with Crippen molar-refractivity contribution in [3.8, 4) is 5.75 Å². The molecule has 0 spiro atoms. The van der Waals surface area contributed by atoms with Gasteiger partial charge in [0.2, 0.25) is 0 Å². The Hall–Kier alpha value is -2.00. The van der Waals surface area contributed by atoms with E-state index in [1.165, 1.54) is 11.1 Å². The van der Waals surface area contributed by atoms with Gasteiger partial charge in [0, 0.05) is 19.3 Å². The van der Waals surface area contributed by atoms with E-state index in [-0.39, 0.29) is 0 Å². The molecule has 0 amide bonds. The highest BCUT2D eigenvalue weighted by atomic mass is 16.5. The number of nitrogens with one attached hydrogen (secondary N) is 1. The molecule has 2 aromatic carbocycles. The van der Waals surface area contributed by atoms with Gasteiger partial charge in [0.15, 0.2) is 0 Å². The number of aryl methyl sites for hydroxylation is 1. The minimum atomic E-state index is 0.575. The molecule has 0 aliphatic rings. The molecule has 0 aromatic heterocycles. The number of rotatable bonds is 7. The van der Waals surface area contributed by atoms with E-state index in [1.807, 2.05) is 12.1 Å². The quantitative estimate of drug-likeness (QED) is 0.780. The van der Waals surface area contributed by atoms with Crippen LogP contribution in [0.4, 0.5) is 5.69 Å². The van der Waals surface area contributed by atoms with E-state index in [1.54, 1.807) is 7.11 Å². The lowest BCUT2D eigenvalue weighted by Crippen LogP contribution is -2.05. The van der Waals surface area contributed by atoms with Gasteiger partial charge in [-0.3, -0.25) is 0 Å². The van der Waals surface area contributed by atoms with E-state index in [0.29, 0.717) is 13.2 Å². The molecule has 2 aromatic rings. The van der Waals surface area contributed by atoms with Gasteiger partial charge in [0.1, 0.15) is 12.4 Å². The Balaban J connectivity index is 1.91. The molecular formula is C17H21NO2. The summed E-state index contributed by atoms with van der Waals surface area (Å²) in [6, 6.07) is 16.5. The van der Waals surface area contributed by atoms with Crippen LogP contribution < -0.4 is 10.1 Å². The van der Waals surface area contributed by atoms with Crippen LogP contribution in [0.25, 0.3) is 0 Å². The zero-order valence-corrected chi connectivity index (χ0v) is 12.1. The summed E-state index contributed by atoms with van der Waals surface area (Å²) in [6.45, 7) is 4.05. The summed E-state index contributed by atoms with van der Waals surface area (Å²) in [4.78, 5) is 0. The molecule has 0 fully saturated rings. The van der Waals surface area contributed by atoms with Gasteiger partial charge in [-0.2, -0.15) is 0 Å². The van der Waals surface area contributed by atoms with Crippen molar-refractivity contribution in [2.75, 3.05) is 25.6 Å². The zero-order chi connectivity index (χ0) is 14.2. The zero-order valence-electron chi connectivity index (χ0n) is 12.1. The van der Waals surface area contributed by atoms with Gasteiger partial charge < -0.3 is 14.8 Å². The Morgan fingerprint density at radius 2 is 1.85 bits per heavy atom. The molecule has 0 unspecified atom stereocenters. The van der Waals surface area contributed by atoms with Crippen LogP contribution in [0.15, 0.2) is 48.5 Å². The molecule has 0 radical (unpaired) electrons. The first-order valence-electron chi connectivity index (χ1n) is 6.79. The minimum absolute atomic E-state index is 0.575. The molecule has 0 aliphatic carbocycles. The molecule has 0 saturated heterocycles. The van der Waals surface area contributed by atoms with Crippen LogP contribution in [-0.2, 0) is 11.3 Å². The summed E-state index contributed by atoms with van der Waals surface area (Å²) < 4.78 is 10.6. The van der Waals surface area contributed by atoms with Crippen molar-refractivity contribution in [3.05, 3.63) is 59.7 Å². The van der Waals surface area contributed by atoms with Crippen molar-refractivity contribution in [2.45, 2.75) is 13.5 Å². The highest BCUT2D eigenvalue weighted by Crippen LogP contribution is 2.16. The fourth-order valence-electron chi connectivity index (χ4n) is 1.95. The molecule has 0 aliphatic heterocycles. The average Bonchev–Trinajstić information content (AvgIpc) is 2.46. The Morgan fingerprint density at radius 1 is 1.00 bits per heavy atom. The minimum Gasteiger partial charge on any atom is -0.491 e. The number of hydrogen-bond donors (Lipinski definition) is 1. The van der Waals surface area contributed by atoms with Gasteiger partial charge in [-0.05, 0) is 42.3 Å². The van der Waals surface area contributed by atoms with Gasteiger partial charge in [0.25, 0.3) is 0 Å². The summed E-state index contributed by atoms with van der Waals surface area (Å²) in [5.41, 5.74) is 3.59. The van der Waals surface area contributed by atoms with Crippen molar-refractivity contribution in [1.82, 2.24) is 0 Å². The van der Waals surface area contributed by atoms with E-state index in [4.69, 9.17) is 9.47 Å². The summed E-state index contributed by atoms with van der Waals surface area (Å²) in [5.74, 6) is 0.880. The van der Waals surface area contributed by atoms with Crippen LogP contribution in [0.2, 0.25) is 0 Å². The van der Waals surface area contributed by atoms with E-state index < -0.39 is 0 Å². The highest BCUT2D eigenvalue weighted by molar-refractivity contribution is 5.46. The van der Waals surface area contributed by atoms with E-state index >= 15 is 0 Å². The summed E-state index contributed by atoms with van der Waals surface area (Å²) in [5, 5.41) is 3.42. The molecule has 0 saturated carbocycles. The molecule has 2 rings (SSSR count). The molecule has 0 heterocycles. The second-order valence-electron chi connectivity index (χ2n) is 4.71. The van der Waals surface area contributed by atoms with Crippen molar-refractivity contribution >= 4 is 5.69 Å². The molecule has 106 valence electrons. The second-order valence-corrected chi connectivity index (χ2v) is 4.71. The van der Waals surface area contributed by atoms with Crippen LogP contribution in [0.5, 0.6) is 5.75 Å². The molecular weight excluding hydrogens is 250 g/mol. The highest BCUT2D eigenvalue weighted by Gasteiger charge is 1.98. The molecule has 3 nitrogen and oxygen atoms in total. The third-order valence-electron chi connectivity index (χ3n) is 2.97. The lowest BCUT2D eigenvalue weighted by molar-refractivity contribution is 0.146. The summed E-state index contributed by atoms with van der Waals surface area (Å²) >= 11 is 0. The Morgan fingerprint density at radius 3 is 2.65 bits per heavy atom. The van der Waals surface area contributed by atoms with Gasteiger partial charge in [-0.25, -0.2) is 0 Å². The second kappa shape index (κ2) is 7.56. The van der Waals surface area contributed by atoms with E-state index in [0.717, 1.165) is 18.0 Å². The molecule has 0 atom stereocenters. The lowest BCUT2D eigenvalue weighted by Gasteiger charge is -2.10. The summed E-state index contributed by atoms with van der Waals surface area (Å²) in [6.07, 6.45) is 0. The van der Waals surface area contributed by atoms with Crippen LogP contribution >= 0.6 is 0 Å². The van der Waals surface area contributed by atoms with Crippen LogP contribution in [-0.4, -0.2) is 20.3 Å². The van der Waals surface area contributed by atoms with E-state index in [2.05, 4.69) is 48.6 Å². The van der Waals surface area contributed by atoms with Gasteiger partial charge in [0.05, 0.1) is 6.61 Å². The van der Waals surface area contributed by atoms with Crippen molar-refractivity contribution in [3.63, 3.8) is 0 Å². The first kappa shape index (κ1) is 14.4. The SMILES string of the molecule is COCCOc1cccc(CNc2cccc(C)c2)c1. The predicted octanol–water partition coefficient (Wildman–Crippen LogP) is 3.63. The third kappa shape index (κ3) is 4.59. The predicted molar refractivity (Wildman–Crippen MR) is 82.3 cm³/mol. The smallest absolute Gasteiger partial charge is 0.119 e. The average molecular weight is 271 g/mol. The van der Waals surface area contributed by atoms with Crippen LogP contribution in [0.3, 0.4) is 0 Å². The first-order chi connectivity index (χ1) is 9.78. The van der Waals surface area contributed by atoms with Crippen molar-refractivity contribution < 1.29 is 9.47 Å². The maximum atomic E-state index is 5.61. The standard InChI is InChI=1S/C17H21NO2/c1-14-5-3-7-16(11-14)18-13-15-6-4-8-17(12-15)20-10-9-19-2/h3-8,11-12,18H,9-10,13H2,1-2H3. The summed E-state index contributed by atoms with van der Waals surface area (Å²) in [7, 11) is 1.67. The molecule has 0 bridgehead atoms. The van der Waals surface area contributed by atoms with Crippen molar-refractivity contribution in [2.24, 2.45) is 0 Å². The monoisotopic (exact) mass is 271 g/mol. The first-order valence-corrected chi connectivity index (χ1v) is 6.79. The Labute approximate surface area is 120 Å². The Bertz CT molecular complexity index is 540. The normalized spacial score (nSPS) is 10.3. The topological polar surface area (TPSA) is 30.5 Å². The maximum absolute atomic E-state index is 5.61. The van der Waals surface area contributed by atoms with Gasteiger partial charge >= 0.3 is 0 Å². The molecule has 3 heteroatoms. The fourth-order valence-corrected chi connectivity index (χ4v) is 1.95. The molecule has 1 N–H and O–H groups in total. The number of ether oxygens (including phenoxy) is 2. The third-order valence-corrected chi connectivity index (χ3v) is 2.97. The largest absolute Gasteiger partial charge is 0.491 e. The van der Waals surface area contributed by atoms with Crippen LogP contribution in [0.1, 0.15) is 11.1 Å². The lowest BCUT2D eigenvalue weighted by atomic mass is 10.2. The maximum Gasteiger partial charge on any atom is 0.119 e. The van der Waals surface area contributed by atoms with Crippen LogP contribution in [0, 0.1) is 6.92 Å². The molecule has 20 heavy (non-hydrogen) atoms. The number of anilines is 1. The number of benzene rings is 2. The van der Waals surface area contributed by atoms with Crippen molar-refractivity contribution in [1.29, 1.82) is 0 Å². The van der Waals surface area contributed by atoms with Gasteiger partial charge in [-0.15, -0.1) is 0 Å². The Kier molecular flexibility index (Phi) is 5.44. The van der Waals surface area contributed by atoms with Gasteiger partial charge in [-0.1, -0.05) is 24.3 Å². The fraction of sp³-hybridized carbons (Fsp3) is 0.294. The number of methoxy groups -OCH3 is 1.